The van der Waals surface area contributed by atoms with Crippen LogP contribution in [-0.2, 0) is 35.8 Å². The Kier molecular flexibility index (Phi) is 5.27. The molecule has 0 radical (unpaired) electrons. The van der Waals surface area contributed by atoms with Crippen LogP contribution in [0.2, 0.25) is 0 Å². The van der Waals surface area contributed by atoms with Gasteiger partial charge in [0.2, 0.25) is 0 Å². The van der Waals surface area contributed by atoms with Gasteiger partial charge in [-0.3, -0.25) is 0 Å². The van der Waals surface area contributed by atoms with Crippen molar-refractivity contribution in [1.29, 1.82) is 0 Å². The van der Waals surface area contributed by atoms with Crippen molar-refractivity contribution in [2.45, 2.75) is 44.0 Å². The summed E-state index contributed by atoms with van der Waals surface area (Å²) in [4.78, 5) is 0. The fraction of sp³-hybridized carbons (Fsp3) is 0.368. The van der Waals surface area contributed by atoms with Crippen LogP contribution in [0.3, 0.4) is 0 Å². The maximum Gasteiger partial charge on any atom is 0.534 e. The van der Waals surface area contributed by atoms with E-state index in [1.54, 1.807) is 12.1 Å². The Balaban J connectivity index is 1.46. The van der Waals surface area contributed by atoms with E-state index in [1.807, 2.05) is 0 Å². The van der Waals surface area contributed by atoms with E-state index in [1.165, 1.54) is 41.7 Å². The molecular weight excluding hydrogens is 365 g/mol. The average molecular weight is 384 g/mol. The summed E-state index contributed by atoms with van der Waals surface area (Å²) >= 11 is 0. The lowest BCUT2D eigenvalue weighted by Gasteiger charge is -2.19. The maximum atomic E-state index is 12.3. The zero-order chi connectivity index (χ0) is 18.8. The van der Waals surface area contributed by atoms with Gasteiger partial charge in [0.15, 0.2) is 0 Å². The van der Waals surface area contributed by atoms with Crippen LogP contribution < -0.4 is 4.18 Å². The molecule has 2 aromatic rings. The van der Waals surface area contributed by atoms with Gasteiger partial charge in [0.05, 0.1) is 0 Å². The van der Waals surface area contributed by atoms with Crippen LogP contribution in [0.4, 0.5) is 13.2 Å². The summed E-state index contributed by atoms with van der Waals surface area (Å²) in [5.41, 5.74) is -0.261. The van der Waals surface area contributed by atoms with Crippen molar-refractivity contribution in [2.75, 3.05) is 0 Å². The summed E-state index contributed by atoms with van der Waals surface area (Å²) in [6.45, 7) is 0. The summed E-state index contributed by atoms with van der Waals surface area (Å²) in [5, 5.41) is 0. The number of fused-ring (bicyclic) bond motifs is 1. The highest BCUT2D eigenvalue weighted by atomic mass is 32.2. The smallest absolute Gasteiger partial charge is 0.376 e. The highest BCUT2D eigenvalue weighted by Crippen LogP contribution is 2.27. The van der Waals surface area contributed by atoms with Crippen LogP contribution in [0, 0.1) is 0 Å². The summed E-state index contributed by atoms with van der Waals surface area (Å²) in [6.07, 6.45) is 6.08. The minimum Gasteiger partial charge on any atom is -0.376 e. The number of benzene rings is 2. The van der Waals surface area contributed by atoms with Crippen molar-refractivity contribution in [3.8, 4) is 5.75 Å². The van der Waals surface area contributed by atoms with Crippen molar-refractivity contribution in [1.82, 2.24) is 0 Å². The molecule has 0 bridgehead atoms. The Hall–Kier alpha value is -2.02. The topological polar surface area (TPSA) is 43.4 Å². The van der Waals surface area contributed by atoms with Crippen molar-refractivity contribution >= 4 is 10.1 Å². The molecule has 7 heteroatoms. The molecule has 26 heavy (non-hydrogen) atoms. The van der Waals surface area contributed by atoms with Crippen molar-refractivity contribution in [2.24, 2.45) is 0 Å². The third-order valence-corrected chi connectivity index (χ3v) is 5.51. The van der Waals surface area contributed by atoms with Gasteiger partial charge < -0.3 is 4.18 Å². The molecular formula is C19H19F3O3S. The van der Waals surface area contributed by atoms with Gasteiger partial charge in [0.25, 0.3) is 0 Å². The number of unbranched alkanes of at least 4 members (excludes halogenated alkanes) is 1. The summed E-state index contributed by atoms with van der Waals surface area (Å²) in [5.74, 6) is -0.340. The van der Waals surface area contributed by atoms with E-state index in [0.29, 0.717) is 0 Å². The normalized spacial score (nSPS) is 13.8. The molecule has 0 amide bonds. The van der Waals surface area contributed by atoms with E-state index in [2.05, 4.69) is 22.4 Å². The number of rotatable bonds is 7. The zero-order valence-electron chi connectivity index (χ0n) is 14.1. The van der Waals surface area contributed by atoms with Gasteiger partial charge in [-0.1, -0.05) is 30.3 Å². The maximum absolute atomic E-state index is 12.3. The SMILES string of the molecule is O=S(=O)(Oc1ccc(CCCCc2ccc3c(c2)CC3)cc1)C(F)(F)F. The average Bonchev–Trinajstić information content (AvgIpc) is 2.54. The van der Waals surface area contributed by atoms with Gasteiger partial charge in [-0.05, 0) is 72.9 Å². The molecule has 0 aliphatic heterocycles. The number of aryl methyl sites for hydroxylation is 4. The third-order valence-electron chi connectivity index (χ3n) is 4.53. The van der Waals surface area contributed by atoms with Crippen LogP contribution in [0.1, 0.15) is 35.1 Å². The largest absolute Gasteiger partial charge is 0.534 e. The van der Waals surface area contributed by atoms with E-state index >= 15 is 0 Å². The standard InChI is InChI=1S/C19H19F3O3S/c20-19(21,22)26(23,24)25-18-11-6-14(7-12-18)3-1-2-4-15-5-8-16-9-10-17(16)13-15/h5-8,11-13H,1-4,9-10H2. The molecule has 140 valence electrons. The second kappa shape index (κ2) is 7.31. The summed E-state index contributed by atoms with van der Waals surface area (Å²) < 4.78 is 62.8. The molecule has 3 rings (SSSR count). The molecule has 3 nitrogen and oxygen atoms in total. The molecule has 1 aliphatic carbocycles. The van der Waals surface area contributed by atoms with Gasteiger partial charge in [0.1, 0.15) is 5.75 Å². The summed E-state index contributed by atoms with van der Waals surface area (Å²) in [7, 11) is -5.62. The first-order valence-electron chi connectivity index (χ1n) is 8.45. The quantitative estimate of drug-likeness (QED) is 0.399. The molecule has 0 atom stereocenters. The van der Waals surface area contributed by atoms with Crippen LogP contribution in [0.25, 0.3) is 0 Å². The lowest BCUT2D eigenvalue weighted by atomic mass is 9.86. The highest BCUT2D eigenvalue weighted by molar-refractivity contribution is 7.88. The van der Waals surface area contributed by atoms with Crippen LogP contribution in [0.5, 0.6) is 5.75 Å². The Labute approximate surface area is 150 Å². The molecule has 0 aromatic heterocycles. The van der Waals surface area contributed by atoms with Crippen LogP contribution in [-0.4, -0.2) is 13.9 Å². The number of alkyl halides is 3. The number of hydrogen-bond donors (Lipinski definition) is 0. The van der Waals surface area contributed by atoms with E-state index in [-0.39, 0.29) is 5.75 Å². The number of halogens is 3. The lowest BCUT2D eigenvalue weighted by molar-refractivity contribution is -0.0500. The molecule has 1 aliphatic rings. The van der Waals surface area contributed by atoms with Gasteiger partial charge in [-0.15, -0.1) is 0 Å². The van der Waals surface area contributed by atoms with Crippen molar-refractivity contribution in [3.05, 3.63) is 64.7 Å². The monoisotopic (exact) mass is 384 g/mol. The molecule has 2 aromatic carbocycles. The Morgan fingerprint density at radius 2 is 1.42 bits per heavy atom. The van der Waals surface area contributed by atoms with Crippen LogP contribution >= 0.6 is 0 Å². The first-order valence-corrected chi connectivity index (χ1v) is 9.86. The van der Waals surface area contributed by atoms with E-state index in [4.69, 9.17) is 0 Å². The Morgan fingerprint density at radius 1 is 0.846 bits per heavy atom. The first-order chi connectivity index (χ1) is 12.2. The fourth-order valence-corrected chi connectivity index (χ4v) is 3.41. The summed E-state index contributed by atoms with van der Waals surface area (Å²) in [6, 6.07) is 12.3. The third kappa shape index (κ3) is 4.38. The minimum atomic E-state index is -5.62. The Morgan fingerprint density at radius 3 is 1.96 bits per heavy atom. The van der Waals surface area contributed by atoms with Gasteiger partial charge in [0, 0.05) is 0 Å². The fourth-order valence-electron chi connectivity index (χ4n) is 2.95. The van der Waals surface area contributed by atoms with Crippen molar-refractivity contribution in [3.63, 3.8) is 0 Å². The van der Waals surface area contributed by atoms with Crippen molar-refractivity contribution < 1.29 is 25.8 Å². The van der Waals surface area contributed by atoms with E-state index in [9.17, 15) is 21.6 Å². The predicted octanol–water partition coefficient (Wildman–Crippen LogP) is 4.58. The second-order valence-electron chi connectivity index (χ2n) is 6.44. The Bertz CT molecular complexity index is 872. The lowest BCUT2D eigenvalue weighted by Crippen LogP contribution is -2.28. The predicted molar refractivity (Wildman–Crippen MR) is 92.5 cm³/mol. The van der Waals surface area contributed by atoms with Gasteiger partial charge >= 0.3 is 15.6 Å². The van der Waals surface area contributed by atoms with Crippen LogP contribution in [0.15, 0.2) is 42.5 Å². The molecule has 0 fully saturated rings. The van der Waals surface area contributed by atoms with E-state index < -0.39 is 15.6 Å². The molecule has 0 saturated heterocycles. The molecule has 0 spiro atoms. The molecule has 0 N–H and O–H groups in total. The van der Waals surface area contributed by atoms with Gasteiger partial charge in [-0.2, -0.15) is 21.6 Å². The minimum absolute atomic E-state index is 0.340. The zero-order valence-corrected chi connectivity index (χ0v) is 14.9. The second-order valence-corrected chi connectivity index (χ2v) is 7.98. The molecule has 0 saturated carbocycles. The highest BCUT2D eigenvalue weighted by Gasteiger charge is 2.48. The van der Waals surface area contributed by atoms with E-state index in [0.717, 1.165) is 31.2 Å². The number of hydrogen-bond acceptors (Lipinski definition) is 3. The molecule has 0 unspecified atom stereocenters. The first kappa shape index (κ1) is 18.8. The molecule has 0 heterocycles. The van der Waals surface area contributed by atoms with Gasteiger partial charge in [-0.25, -0.2) is 0 Å².